The van der Waals surface area contributed by atoms with E-state index in [2.05, 4.69) is 226 Å². The number of allylic oxidation sites excluding steroid dienone is 11. The number of rotatable bonds is 9. The molecule has 8 unspecified atom stereocenters. The summed E-state index contributed by atoms with van der Waals surface area (Å²) in [5.41, 5.74) is 12.9. The van der Waals surface area contributed by atoms with Crippen molar-refractivity contribution in [3.05, 3.63) is 240 Å². The second-order valence-electron chi connectivity index (χ2n) is 18.8. The molecule has 12 rings (SSSR count). The number of benzene rings is 4. The minimum Gasteiger partial charge on any atom is -0.337 e. The zero-order valence-electron chi connectivity index (χ0n) is 36.7. The van der Waals surface area contributed by atoms with Gasteiger partial charge >= 0.3 is 0 Å². The van der Waals surface area contributed by atoms with Crippen molar-refractivity contribution in [2.45, 2.75) is 87.4 Å². The van der Waals surface area contributed by atoms with E-state index in [4.69, 9.17) is 0 Å². The Morgan fingerprint density at radius 3 is 2.05 bits per heavy atom. The van der Waals surface area contributed by atoms with Crippen molar-refractivity contribution >= 4 is 22.7 Å². The lowest BCUT2D eigenvalue weighted by Crippen LogP contribution is -2.45. The molecular weight excluding hydrogens is 777 g/mol. The van der Waals surface area contributed by atoms with Gasteiger partial charge in [0, 0.05) is 87.3 Å². The van der Waals surface area contributed by atoms with Crippen LogP contribution in [0.1, 0.15) is 74.3 Å². The highest BCUT2D eigenvalue weighted by Gasteiger charge is 2.49. The minimum atomic E-state index is 0.305. The molecule has 8 atom stereocenters. The standard InChI is InChI=1S/C60H58N4/c1-5-17-45(18-6-1)61(51-37-39-55-53-25-13-15-27-57(53)63(59(55)41-51)47-21-9-3-10-22-47)49-33-29-43(30-34-49)44-31-35-50(36-32-44)62(46-19-7-2-8-20-46)52-38-40-56-54-26-14-16-28-58(54)64(60(56)42-52)48-23-11-4-12-24-48/h1-3,5-11,13-15,17-21,23,25-27,29-31,33-38,40-42,44,47-48,54-56,58,60H,4,12,16,22,24,28,32,39H2. The molecule has 4 nitrogen and oxygen atoms in total. The second kappa shape index (κ2) is 17.0. The normalized spacial score (nSPS) is 28.7. The van der Waals surface area contributed by atoms with Crippen molar-refractivity contribution in [2.75, 3.05) is 14.7 Å². The average molecular weight is 835 g/mol. The topological polar surface area (TPSA) is 13.0 Å². The summed E-state index contributed by atoms with van der Waals surface area (Å²) >= 11 is 0. The zero-order valence-corrected chi connectivity index (χ0v) is 36.7. The molecule has 318 valence electrons. The van der Waals surface area contributed by atoms with Gasteiger partial charge in [-0.15, -0.1) is 0 Å². The van der Waals surface area contributed by atoms with Crippen LogP contribution in [0, 0.1) is 11.8 Å². The van der Waals surface area contributed by atoms with Crippen molar-refractivity contribution in [2.24, 2.45) is 11.8 Å². The van der Waals surface area contributed by atoms with Crippen molar-refractivity contribution in [3.8, 4) is 0 Å². The predicted octanol–water partition coefficient (Wildman–Crippen LogP) is 14.1. The summed E-state index contributed by atoms with van der Waals surface area (Å²) in [6.45, 7) is 0. The molecule has 64 heavy (non-hydrogen) atoms. The summed E-state index contributed by atoms with van der Waals surface area (Å²) in [6.07, 6.45) is 48.0. The summed E-state index contributed by atoms with van der Waals surface area (Å²) in [4.78, 5) is 10.5. The van der Waals surface area contributed by atoms with Gasteiger partial charge in [0.05, 0.1) is 6.04 Å². The molecule has 0 amide bonds. The van der Waals surface area contributed by atoms with Gasteiger partial charge in [-0.2, -0.15) is 0 Å². The van der Waals surface area contributed by atoms with E-state index < -0.39 is 0 Å². The molecule has 6 aliphatic carbocycles. The maximum Gasteiger partial charge on any atom is 0.0557 e. The van der Waals surface area contributed by atoms with Crippen LogP contribution in [0.2, 0.25) is 0 Å². The van der Waals surface area contributed by atoms with E-state index in [1.807, 2.05) is 0 Å². The lowest BCUT2D eigenvalue weighted by atomic mass is 9.80. The van der Waals surface area contributed by atoms with Crippen LogP contribution in [-0.4, -0.2) is 29.1 Å². The summed E-state index contributed by atoms with van der Waals surface area (Å²) in [6, 6.07) is 42.2. The van der Waals surface area contributed by atoms with Crippen molar-refractivity contribution in [1.29, 1.82) is 0 Å². The number of nitrogens with zero attached hydrogens (tertiary/aromatic N) is 4. The molecule has 4 aromatic rings. The number of anilines is 4. The fourth-order valence-corrected chi connectivity index (χ4v) is 12.3. The van der Waals surface area contributed by atoms with Crippen LogP contribution >= 0.6 is 0 Å². The summed E-state index contributed by atoms with van der Waals surface area (Å²) in [7, 11) is 0. The van der Waals surface area contributed by atoms with Crippen molar-refractivity contribution in [3.63, 3.8) is 0 Å². The van der Waals surface area contributed by atoms with E-state index >= 15 is 0 Å². The highest BCUT2D eigenvalue weighted by Crippen LogP contribution is 2.51. The molecule has 0 saturated carbocycles. The van der Waals surface area contributed by atoms with E-state index in [1.165, 1.54) is 88.8 Å². The van der Waals surface area contributed by atoms with E-state index in [0.29, 0.717) is 47.8 Å². The Morgan fingerprint density at radius 1 is 0.531 bits per heavy atom. The smallest absolute Gasteiger partial charge is 0.0557 e. The first kappa shape index (κ1) is 39.2. The third-order valence-corrected chi connectivity index (χ3v) is 15.3. The molecule has 0 spiro atoms. The number of para-hydroxylation sites is 3. The lowest BCUT2D eigenvalue weighted by molar-refractivity contribution is 0.146. The molecule has 4 heteroatoms. The van der Waals surface area contributed by atoms with Gasteiger partial charge in [0.15, 0.2) is 0 Å². The van der Waals surface area contributed by atoms with Gasteiger partial charge in [-0.05, 0) is 129 Å². The number of likely N-dealkylation sites (tertiary alicyclic amines) is 1. The largest absolute Gasteiger partial charge is 0.337 e. The summed E-state index contributed by atoms with van der Waals surface area (Å²) in [5, 5.41) is 0. The highest BCUT2D eigenvalue weighted by molar-refractivity contribution is 5.76. The third-order valence-electron chi connectivity index (χ3n) is 15.3. The average Bonchev–Trinajstić information content (AvgIpc) is 3.88. The quantitative estimate of drug-likeness (QED) is 0.156. The molecule has 1 saturated heterocycles. The molecule has 0 radical (unpaired) electrons. The van der Waals surface area contributed by atoms with Gasteiger partial charge in [0.1, 0.15) is 0 Å². The van der Waals surface area contributed by atoms with E-state index in [-0.39, 0.29) is 0 Å². The Balaban J connectivity index is 0.822. The van der Waals surface area contributed by atoms with Crippen LogP contribution in [0.4, 0.5) is 22.7 Å². The Kier molecular flexibility index (Phi) is 10.4. The first-order valence-electron chi connectivity index (χ1n) is 24.1. The van der Waals surface area contributed by atoms with Crippen LogP contribution in [0.5, 0.6) is 0 Å². The molecule has 4 aromatic carbocycles. The van der Waals surface area contributed by atoms with Gasteiger partial charge in [-0.3, -0.25) is 4.90 Å². The van der Waals surface area contributed by atoms with Gasteiger partial charge in [-0.25, -0.2) is 0 Å². The first-order chi connectivity index (χ1) is 31.8. The molecule has 0 N–H and O–H groups in total. The highest BCUT2D eigenvalue weighted by atomic mass is 15.3. The van der Waals surface area contributed by atoms with Gasteiger partial charge < -0.3 is 14.7 Å². The van der Waals surface area contributed by atoms with Crippen LogP contribution < -0.4 is 14.7 Å². The maximum atomic E-state index is 2.92. The Labute approximate surface area is 380 Å². The number of fused-ring (bicyclic) bond motifs is 6. The van der Waals surface area contributed by atoms with E-state index in [0.717, 1.165) is 19.3 Å². The molecule has 2 heterocycles. The molecule has 0 bridgehead atoms. The van der Waals surface area contributed by atoms with E-state index in [1.54, 1.807) is 0 Å². The van der Waals surface area contributed by atoms with Crippen molar-refractivity contribution < 1.29 is 0 Å². The monoisotopic (exact) mass is 834 g/mol. The van der Waals surface area contributed by atoms with Gasteiger partial charge in [-0.1, -0.05) is 140 Å². The SMILES string of the molecule is C1=CCC(N2C3=CC(N(c4ccccc4)c4ccc(C5C=CC(N(C6=CC7C(C=C6)C6C=CCCC6N7C6C=CCCC6)c6ccccc6)=CC5)cc4)=CCC3c3ccccc32)C=C1. The number of hydrogen-bond acceptors (Lipinski definition) is 4. The maximum absolute atomic E-state index is 2.92. The van der Waals surface area contributed by atoms with Crippen molar-refractivity contribution in [1.82, 2.24) is 4.90 Å². The molecule has 8 aliphatic rings. The van der Waals surface area contributed by atoms with E-state index in [9.17, 15) is 0 Å². The third kappa shape index (κ3) is 7.04. The van der Waals surface area contributed by atoms with Crippen LogP contribution in [-0.2, 0) is 0 Å². The molecule has 2 aliphatic heterocycles. The van der Waals surface area contributed by atoms with Gasteiger partial charge in [0.25, 0.3) is 0 Å². The first-order valence-corrected chi connectivity index (χ1v) is 24.1. The molecule has 1 fully saturated rings. The van der Waals surface area contributed by atoms with Crippen LogP contribution in [0.15, 0.2) is 229 Å². The minimum absolute atomic E-state index is 0.305. The summed E-state index contributed by atoms with van der Waals surface area (Å²) < 4.78 is 0. The fraction of sp³-hybridized carbons (Fsp3) is 0.267. The van der Waals surface area contributed by atoms with Crippen LogP contribution in [0.3, 0.4) is 0 Å². The summed E-state index contributed by atoms with van der Waals surface area (Å²) in [5.74, 6) is 1.79. The Bertz CT molecular complexity index is 2690. The zero-order chi connectivity index (χ0) is 42.4. The fourth-order valence-electron chi connectivity index (χ4n) is 12.3. The Hall–Kier alpha value is -6.36. The second-order valence-corrected chi connectivity index (χ2v) is 18.8. The van der Waals surface area contributed by atoms with Gasteiger partial charge in [0.2, 0.25) is 0 Å². The Morgan fingerprint density at radius 2 is 1.28 bits per heavy atom. The predicted molar refractivity (Wildman–Crippen MR) is 266 cm³/mol. The lowest BCUT2D eigenvalue weighted by Gasteiger charge is -2.39. The molecule has 0 aromatic heterocycles. The van der Waals surface area contributed by atoms with Crippen LogP contribution in [0.25, 0.3) is 0 Å². The molecular formula is C60H58N4. The number of hydrogen-bond donors (Lipinski definition) is 0.